The van der Waals surface area contributed by atoms with Crippen molar-refractivity contribution in [3.8, 4) is 78.9 Å². The van der Waals surface area contributed by atoms with Crippen LogP contribution >= 0.6 is 0 Å². The van der Waals surface area contributed by atoms with Crippen molar-refractivity contribution in [1.82, 2.24) is 24.1 Å². The lowest BCUT2D eigenvalue weighted by Gasteiger charge is -2.18. The van der Waals surface area contributed by atoms with Gasteiger partial charge in [-0.05, 0) is 88.5 Å². The number of para-hydroxylation sites is 4. The standard InChI is InChI=1S/C63H41N5/c1-4-19-42(20-5-1)45-25-18-26-47(39-45)53-41-48(36-38-59(53)67-55-31-14-10-27-49(55)50-28-11-15-32-56(50)67)62-64-61(44-23-8-3-9-24-44)65-63(66-62)54-40-46(43-21-6-2-7-22-43)35-37-60(54)68-57-33-16-12-29-51(57)52-30-13-17-34-58(52)68/h1-41H. The number of rotatable bonds is 8. The van der Waals surface area contributed by atoms with Crippen molar-refractivity contribution in [3.05, 3.63) is 249 Å². The van der Waals surface area contributed by atoms with Gasteiger partial charge in [0.1, 0.15) is 0 Å². The molecule has 3 heterocycles. The van der Waals surface area contributed by atoms with Crippen LogP contribution in [0.5, 0.6) is 0 Å². The fraction of sp³-hybridized carbons (Fsp3) is 0. The molecule has 5 nitrogen and oxygen atoms in total. The van der Waals surface area contributed by atoms with E-state index in [1.54, 1.807) is 0 Å². The summed E-state index contributed by atoms with van der Waals surface area (Å²) in [5.41, 5.74) is 15.9. The van der Waals surface area contributed by atoms with Crippen molar-refractivity contribution in [3.63, 3.8) is 0 Å². The average molecular weight is 868 g/mol. The third-order valence-corrected chi connectivity index (χ3v) is 13.2. The van der Waals surface area contributed by atoms with Crippen molar-refractivity contribution < 1.29 is 0 Å². The second-order valence-electron chi connectivity index (χ2n) is 17.2. The molecule has 0 fully saturated rings. The molecule has 0 N–H and O–H groups in total. The van der Waals surface area contributed by atoms with Crippen molar-refractivity contribution in [2.75, 3.05) is 0 Å². The zero-order valence-corrected chi connectivity index (χ0v) is 36.9. The molecule has 68 heavy (non-hydrogen) atoms. The minimum atomic E-state index is 0.585. The fourth-order valence-electron chi connectivity index (χ4n) is 10.0. The van der Waals surface area contributed by atoms with Gasteiger partial charge in [0.2, 0.25) is 0 Å². The van der Waals surface area contributed by atoms with Crippen molar-refractivity contribution in [2.24, 2.45) is 0 Å². The first-order valence-electron chi connectivity index (χ1n) is 23.0. The number of benzene rings is 10. The molecule has 10 aromatic carbocycles. The van der Waals surface area contributed by atoms with Gasteiger partial charge in [-0.15, -0.1) is 0 Å². The van der Waals surface area contributed by atoms with Crippen LogP contribution in [-0.4, -0.2) is 24.1 Å². The van der Waals surface area contributed by atoms with E-state index >= 15 is 0 Å². The Morgan fingerprint density at radius 1 is 0.221 bits per heavy atom. The number of fused-ring (bicyclic) bond motifs is 6. The topological polar surface area (TPSA) is 48.5 Å². The van der Waals surface area contributed by atoms with Crippen LogP contribution in [0, 0.1) is 0 Å². The van der Waals surface area contributed by atoms with Crippen LogP contribution in [0.3, 0.4) is 0 Å². The first-order valence-corrected chi connectivity index (χ1v) is 23.0. The van der Waals surface area contributed by atoms with Crippen LogP contribution in [0.15, 0.2) is 249 Å². The van der Waals surface area contributed by atoms with Crippen LogP contribution in [0.1, 0.15) is 0 Å². The Kier molecular flexibility index (Phi) is 9.43. The Morgan fingerprint density at radius 2 is 0.574 bits per heavy atom. The Labute approximate surface area is 393 Å². The Hall–Kier alpha value is -9.19. The minimum absolute atomic E-state index is 0.585. The zero-order chi connectivity index (χ0) is 45.0. The van der Waals surface area contributed by atoms with E-state index in [0.717, 1.165) is 83.5 Å². The SMILES string of the molecule is c1ccc(-c2cccc(-c3cc(-c4nc(-c5ccccc5)nc(-c5cc(-c6ccccc6)ccc5-n5c6ccccc6c6ccccc65)n4)ccc3-n3c4ccccc4c4ccccc43)c2)cc1. The summed E-state index contributed by atoms with van der Waals surface area (Å²) >= 11 is 0. The smallest absolute Gasteiger partial charge is 0.166 e. The highest BCUT2D eigenvalue weighted by molar-refractivity contribution is 6.11. The summed E-state index contributed by atoms with van der Waals surface area (Å²) in [6.45, 7) is 0. The second kappa shape index (κ2) is 16.4. The van der Waals surface area contributed by atoms with Crippen LogP contribution in [0.4, 0.5) is 0 Å². The van der Waals surface area contributed by atoms with Gasteiger partial charge in [0.15, 0.2) is 17.5 Å². The fourth-order valence-corrected chi connectivity index (χ4v) is 10.0. The molecular formula is C63H41N5. The molecule has 0 saturated heterocycles. The van der Waals surface area contributed by atoms with Crippen molar-refractivity contribution >= 4 is 43.6 Å². The van der Waals surface area contributed by atoms with Gasteiger partial charge in [0.25, 0.3) is 0 Å². The summed E-state index contributed by atoms with van der Waals surface area (Å²) in [6.07, 6.45) is 0. The maximum Gasteiger partial charge on any atom is 0.166 e. The number of hydrogen-bond acceptors (Lipinski definition) is 3. The van der Waals surface area contributed by atoms with Crippen LogP contribution in [0.25, 0.3) is 123 Å². The molecule has 0 saturated carbocycles. The van der Waals surface area contributed by atoms with Crippen LogP contribution < -0.4 is 0 Å². The van der Waals surface area contributed by atoms with Gasteiger partial charge < -0.3 is 9.13 Å². The molecular weight excluding hydrogens is 827 g/mol. The van der Waals surface area contributed by atoms with E-state index in [-0.39, 0.29) is 0 Å². The van der Waals surface area contributed by atoms with Gasteiger partial charge >= 0.3 is 0 Å². The van der Waals surface area contributed by atoms with E-state index in [1.807, 2.05) is 18.2 Å². The predicted molar refractivity (Wildman–Crippen MR) is 281 cm³/mol. The monoisotopic (exact) mass is 867 g/mol. The maximum absolute atomic E-state index is 5.51. The van der Waals surface area contributed by atoms with E-state index in [9.17, 15) is 0 Å². The molecule has 0 aliphatic carbocycles. The number of hydrogen-bond donors (Lipinski definition) is 0. The normalized spacial score (nSPS) is 11.5. The van der Waals surface area contributed by atoms with Crippen molar-refractivity contribution in [2.45, 2.75) is 0 Å². The Morgan fingerprint density at radius 3 is 1.09 bits per heavy atom. The lowest BCUT2D eigenvalue weighted by molar-refractivity contribution is 1.06. The Balaban J connectivity index is 1.08. The molecule has 0 atom stereocenters. The van der Waals surface area contributed by atoms with Crippen molar-refractivity contribution in [1.29, 1.82) is 0 Å². The average Bonchev–Trinajstić information content (AvgIpc) is 3.94. The third kappa shape index (κ3) is 6.68. The largest absolute Gasteiger partial charge is 0.309 e. The molecule has 13 aromatic rings. The third-order valence-electron chi connectivity index (χ3n) is 13.2. The molecule has 318 valence electrons. The highest BCUT2D eigenvalue weighted by Gasteiger charge is 2.22. The molecule has 0 unspecified atom stereocenters. The van der Waals surface area contributed by atoms with E-state index in [1.165, 1.54) is 21.5 Å². The van der Waals surface area contributed by atoms with Crippen LogP contribution in [0.2, 0.25) is 0 Å². The molecule has 0 aliphatic rings. The molecule has 5 heteroatoms. The van der Waals surface area contributed by atoms with Crippen LogP contribution in [-0.2, 0) is 0 Å². The van der Waals surface area contributed by atoms with E-state index < -0.39 is 0 Å². The quantitative estimate of drug-likeness (QED) is 0.153. The highest BCUT2D eigenvalue weighted by Crippen LogP contribution is 2.41. The first-order chi connectivity index (χ1) is 33.7. The molecule has 0 radical (unpaired) electrons. The summed E-state index contributed by atoms with van der Waals surface area (Å²) in [5, 5.41) is 4.80. The summed E-state index contributed by atoms with van der Waals surface area (Å²) in [7, 11) is 0. The molecule has 13 rings (SSSR count). The summed E-state index contributed by atoms with van der Waals surface area (Å²) < 4.78 is 4.76. The van der Waals surface area contributed by atoms with Gasteiger partial charge in [-0.1, -0.05) is 188 Å². The van der Waals surface area contributed by atoms with Gasteiger partial charge in [-0.2, -0.15) is 0 Å². The summed E-state index contributed by atoms with van der Waals surface area (Å²) in [5.74, 6) is 1.77. The molecule has 3 aromatic heterocycles. The lowest BCUT2D eigenvalue weighted by Crippen LogP contribution is -2.04. The van der Waals surface area contributed by atoms with E-state index in [2.05, 4.69) is 240 Å². The zero-order valence-electron chi connectivity index (χ0n) is 36.9. The maximum atomic E-state index is 5.51. The summed E-state index contributed by atoms with van der Waals surface area (Å²) in [6, 6.07) is 88.2. The Bertz CT molecular complexity index is 3910. The first kappa shape index (κ1) is 39.2. The molecule has 0 amide bonds. The molecule has 0 spiro atoms. The van der Waals surface area contributed by atoms with E-state index in [0.29, 0.717) is 17.5 Å². The van der Waals surface area contributed by atoms with Gasteiger partial charge in [0.05, 0.1) is 33.4 Å². The molecule has 0 aliphatic heterocycles. The highest BCUT2D eigenvalue weighted by atomic mass is 15.1. The van der Waals surface area contributed by atoms with E-state index in [4.69, 9.17) is 15.0 Å². The lowest BCUT2D eigenvalue weighted by atomic mass is 9.96. The van der Waals surface area contributed by atoms with Gasteiger partial charge in [0, 0.05) is 43.8 Å². The molecule has 0 bridgehead atoms. The minimum Gasteiger partial charge on any atom is -0.309 e. The summed E-state index contributed by atoms with van der Waals surface area (Å²) in [4.78, 5) is 16.2. The predicted octanol–water partition coefficient (Wildman–Crippen LogP) is 16.1. The second-order valence-corrected chi connectivity index (χ2v) is 17.2. The number of aromatic nitrogens is 5. The number of nitrogens with zero attached hydrogens (tertiary/aromatic N) is 5. The van der Waals surface area contributed by atoms with Gasteiger partial charge in [-0.25, -0.2) is 15.0 Å². The van der Waals surface area contributed by atoms with Gasteiger partial charge in [-0.3, -0.25) is 0 Å².